The van der Waals surface area contributed by atoms with Crippen molar-refractivity contribution in [1.82, 2.24) is 4.72 Å². The Labute approximate surface area is 129 Å². The summed E-state index contributed by atoms with van der Waals surface area (Å²) in [5.41, 5.74) is 2.43. The van der Waals surface area contributed by atoms with Crippen LogP contribution in [0.5, 0.6) is 0 Å². The molecule has 0 bridgehead atoms. The zero-order valence-electron chi connectivity index (χ0n) is 14.0. The molecule has 0 spiro atoms. The molecule has 0 aliphatic carbocycles. The monoisotopic (exact) mass is 312 g/mol. The molecule has 0 saturated carbocycles. The van der Waals surface area contributed by atoms with Crippen LogP contribution in [0.1, 0.15) is 45.2 Å². The maximum Gasteiger partial charge on any atom is 0.241 e. The molecule has 1 aromatic carbocycles. The van der Waals surface area contributed by atoms with Crippen LogP contribution in [-0.2, 0) is 10.0 Å². The number of aryl methyl sites for hydroxylation is 2. The minimum atomic E-state index is -3.47. The zero-order valence-corrected chi connectivity index (χ0v) is 14.8. The molecule has 0 aromatic heterocycles. The van der Waals surface area contributed by atoms with Crippen LogP contribution in [0.25, 0.3) is 0 Å². The van der Waals surface area contributed by atoms with E-state index in [-0.39, 0.29) is 5.41 Å². The van der Waals surface area contributed by atoms with Gasteiger partial charge in [-0.25, -0.2) is 13.1 Å². The average molecular weight is 312 g/mol. The molecule has 1 aromatic rings. The van der Waals surface area contributed by atoms with E-state index < -0.39 is 10.0 Å². The Balaban J connectivity index is 3.07. The second-order valence-electron chi connectivity index (χ2n) is 6.75. The number of anilines is 1. The van der Waals surface area contributed by atoms with Gasteiger partial charge in [-0.3, -0.25) is 0 Å². The van der Waals surface area contributed by atoms with Crippen molar-refractivity contribution in [3.8, 4) is 0 Å². The van der Waals surface area contributed by atoms with Crippen molar-refractivity contribution in [2.75, 3.05) is 18.4 Å². The Morgan fingerprint density at radius 1 is 1.10 bits per heavy atom. The Hall–Kier alpha value is -1.07. The van der Waals surface area contributed by atoms with E-state index in [1.54, 1.807) is 0 Å². The maximum absolute atomic E-state index is 12.5. The van der Waals surface area contributed by atoms with Crippen molar-refractivity contribution >= 4 is 15.7 Å². The third kappa shape index (κ3) is 5.32. The molecule has 0 saturated heterocycles. The summed E-state index contributed by atoms with van der Waals surface area (Å²) in [7, 11) is -3.47. The summed E-state index contributed by atoms with van der Waals surface area (Å²) < 4.78 is 27.7. The highest BCUT2D eigenvalue weighted by Crippen LogP contribution is 2.25. The highest BCUT2D eigenvalue weighted by molar-refractivity contribution is 7.89. The maximum atomic E-state index is 12.5. The zero-order chi connectivity index (χ0) is 16.3. The van der Waals surface area contributed by atoms with Gasteiger partial charge < -0.3 is 5.32 Å². The van der Waals surface area contributed by atoms with Crippen molar-refractivity contribution in [2.45, 2.75) is 52.9 Å². The molecule has 1 rings (SSSR count). The lowest BCUT2D eigenvalue weighted by Gasteiger charge is -2.20. The van der Waals surface area contributed by atoms with Crippen LogP contribution in [0.15, 0.2) is 17.0 Å². The molecule has 0 fully saturated rings. The van der Waals surface area contributed by atoms with Gasteiger partial charge in [-0.05, 0) is 48.9 Å². The summed E-state index contributed by atoms with van der Waals surface area (Å²) in [6, 6.07) is 3.79. The van der Waals surface area contributed by atoms with Crippen LogP contribution in [-0.4, -0.2) is 21.5 Å². The van der Waals surface area contributed by atoms with Crippen molar-refractivity contribution in [3.63, 3.8) is 0 Å². The Morgan fingerprint density at radius 2 is 1.62 bits per heavy atom. The van der Waals surface area contributed by atoms with Gasteiger partial charge in [-0.15, -0.1) is 0 Å². The first-order valence-electron chi connectivity index (χ1n) is 7.41. The quantitative estimate of drug-likeness (QED) is 0.846. The van der Waals surface area contributed by atoms with Gasteiger partial charge in [0.15, 0.2) is 0 Å². The highest BCUT2D eigenvalue weighted by atomic mass is 32.2. The molecule has 4 nitrogen and oxygen atoms in total. The van der Waals surface area contributed by atoms with E-state index in [1.165, 1.54) is 0 Å². The molecule has 0 aliphatic rings. The molecule has 0 aliphatic heterocycles. The minimum Gasteiger partial charge on any atom is -0.385 e. The number of hydrogen-bond acceptors (Lipinski definition) is 3. The molecule has 5 heteroatoms. The molecule has 0 atom stereocenters. The van der Waals surface area contributed by atoms with Gasteiger partial charge in [0.25, 0.3) is 0 Å². The lowest BCUT2D eigenvalue weighted by molar-refractivity contribution is 0.407. The summed E-state index contributed by atoms with van der Waals surface area (Å²) in [5, 5.41) is 3.30. The van der Waals surface area contributed by atoms with E-state index in [0.29, 0.717) is 11.4 Å². The van der Waals surface area contributed by atoms with Gasteiger partial charge in [0, 0.05) is 18.8 Å². The first-order valence-corrected chi connectivity index (χ1v) is 8.90. The largest absolute Gasteiger partial charge is 0.385 e. The predicted octanol–water partition coefficient (Wildman–Crippen LogP) is 3.45. The first kappa shape index (κ1) is 18.0. The van der Waals surface area contributed by atoms with Crippen LogP contribution >= 0.6 is 0 Å². The molecule has 120 valence electrons. The van der Waals surface area contributed by atoms with Crippen LogP contribution in [0.2, 0.25) is 0 Å². The summed E-state index contributed by atoms with van der Waals surface area (Å²) in [4.78, 5) is 0.397. The lowest BCUT2D eigenvalue weighted by Crippen LogP contribution is -2.33. The molecule has 0 radical (unpaired) electrons. The van der Waals surface area contributed by atoms with Gasteiger partial charge >= 0.3 is 0 Å². The standard InChI is InChI=1S/C16H28N2O2S/c1-7-8-17-14-9-12(2)15(13(3)10-14)21(19,20)18-11-16(4,5)6/h9-10,17-18H,7-8,11H2,1-6H3. The summed E-state index contributed by atoms with van der Waals surface area (Å²) >= 11 is 0. The fourth-order valence-electron chi connectivity index (χ4n) is 2.13. The number of sulfonamides is 1. The first-order chi connectivity index (χ1) is 9.57. The van der Waals surface area contributed by atoms with Crippen LogP contribution in [0, 0.1) is 19.3 Å². The second kappa shape index (κ2) is 6.79. The predicted molar refractivity (Wildman–Crippen MR) is 89.3 cm³/mol. The van der Waals surface area contributed by atoms with Gasteiger partial charge in [-0.1, -0.05) is 27.7 Å². The SMILES string of the molecule is CCCNc1cc(C)c(S(=O)(=O)NCC(C)(C)C)c(C)c1. The molecule has 2 N–H and O–H groups in total. The Kier molecular flexibility index (Phi) is 5.82. The molecular weight excluding hydrogens is 284 g/mol. The summed E-state index contributed by atoms with van der Waals surface area (Å²) in [6.07, 6.45) is 1.03. The number of nitrogens with one attached hydrogen (secondary N) is 2. The van der Waals surface area contributed by atoms with Crippen molar-refractivity contribution in [1.29, 1.82) is 0 Å². The lowest BCUT2D eigenvalue weighted by atomic mass is 9.98. The van der Waals surface area contributed by atoms with Crippen LogP contribution in [0.3, 0.4) is 0 Å². The van der Waals surface area contributed by atoms with E-state index in [1.807, 2.05) is 46.8 Å². The fraction of sp³-hybridized carbons (Fsp3) is 0.625. The average Bonchev–Trinajstić information content (AvgIpc) is 2.32. The summed E-state index contributed by atoms with van der Waals surface area (Å²) in [5.74, 6) is 0. The highest BCUT2D eigenvalue weighted by Gasteiger charge is 2.22. The number of benzene rings is 1. The molecule has 0 unspecified atom stereocenters. The third-order valence-corrected chi connectivity index (χ3v) is 4.81. The van der Waals surface area contributed by atoms with E-state index in [0.717, 1.165) is 29.8 Å². The van der Waals surface area contributed by atoms with E-state index in [9.17, 15) is 8.42 Å². The van der Waals surface area contributed by atoms with Gasteiger partial charge in [0.05, 0.1) is 4.90 Å². The van der Waals surface area contributed by atoms with Gasteiger partial charge in [-0.2, -0.15) is 0 Å². The smallest absolute Gasteiger partial charge is 0.241 e. The normalized spacial score (nSPS) is 12.5. The number of hydrogen-bond donors (Lipinski definition) is 2. The molecule has 0 amide bonds. The third-order valence-electron chi connectivity index (χ3n) is 3.10. The van der Waals surface area contributed by atoms with Crippen molar-refractivity contribution in [2.24, 2.45) is 5.41 Å². The number of rotatable bonds is 6. The second-order valence-corrected chi connectivity index (χ2v) is 8.45. The van der Waals surface area contributed by atoms with E-state index in [4.69, 9.17) is 0 Å². The fourth-order valence-corrected chi connectivity index (χ4v) is 3.86. The van der Waals surface area contributed by atoms with Crippen LogP contribution < -0.4 is 10.0 Å². The summed E-state index contributed by atoms with van der Waals surface area (Å²) in [6.45, 7) is 13.1. The topological polar surface area (TPSA) is 58.2 Å². The van der Waals surface area contributed by atoms with Gasteiger partial charge in [0.2, 0.25) is 10.0 Å². The van der Waals surface area contributed by atoms with Crippen LogP contribution in [0.4, 0.5) is 5.69 Å². The van der Waals surface area contributed by atoms with E-state index >= 15 is 0 Å². The molecule has 21 heavy (non-hydrogen) atoms. The van der Waals surface area contributed by atoms with Gasteiger partial charge in [0.1, 0.15) is 0 Å². The molecule has 0 heterocycles. The Morgan fingerprint density at radius 3 is 2.05 bits per heavy atom. The minimum absolute atomic E-state index is 0.0858. The van der Waals surface area contributed by atoms with Crippen molar-refractivity contribution < 1.29 is 8.42 Å². The van der Waals surface area contributed by atoms with E-state index in [2.05, 4.69) is 17.0 Å². The Bertz CT molecular complexity index is 564. The molecular formula is C16H28N2O2S. The van der Waals surface area contributed by atoms with Crippen molar-refractivity contribution in [3.05, 3.63) is 23.3 Å².